The van der Waals surface area contributed by atoms with E-state index in [2.05, 4.69) is 42.8 Å². The van der Waals surface area contributed by atoms with Crippen molar-refractivity contribution in [3.63, 3.8) is 0 Å². The van der Waals surface area contributed by atoms with Gasteiger partial charge in [0.25, 0.3) is 0 Å². The van der Waals surface area contributed by atoms with Crippen molar-refractivity contribution in [2.24, 2.45) is 11.7 Å². The van der Waals surface area contributed by atoms with Gasteiger partial charge in [0.05, 0.1) is 17.6 Å². The molecule has 1 saturated heterocycles. The number of anilines is 1. The van der Waals surface area contributed by atoms with Crippen LogP contribution in [0.15, 0.2) is 18.3 Å². The highest BCUT2D eigenvalue weighted by molar-refractivity contribution is 5.47. The van der Waals surface area contributed by atoms with Crippen molar-refractivity contribution in [2.75, 3.05) is 11.4 Å². The van der Waals surface area contributed by atoms with E-state index in [1.54, 1.807) is 0 Å². The summed E-state index contributed by atoms with van der Waals surface area (Å²) in [5.41, 5.74) is 8.25. The molecule has 0 aromatic carbocycles. The second-order valence-corrected chi connectivity index (χ2v) is 5.60. The van der Waals surface area contributed by atoms with Gasteiger partial charge in [-0.25, -0.2) is 0 Å². The smallest absolute Gasteiger partial charge is 0.0572 e. The summed E-state index contributed by atoms with van der Waals surface area (Å²) in [5, 5.41) is 0. The molecule has 1 aromatic heterocycles. The molecule has 1 aliphatic rings. The van der Waals surface area contributed by atoms with Crippen LogP contribution in [0.5, 0.6) is 0 Å². The van der Waals surface area contributed by atoms with Crippen molar-refractivity contribution in [3.8, 4) is 0 Å². The van der Waals surface area contributed by atoms with Gasteiger partial charge in [-0.2, -0.15) is 0 Å². The molecule has 1 fully saturated rings. The van der Waals surface area contributed by atoms with Gasteiger partial charge in [-0.15, -0.1) is 0 Å². The van der Waals surface area contributed by atoms with Crippen molar-refractivity contribution in [3.05, 3.63) is 24.0 Å². The lowest BCUT2D eigenvalue weighted by Crippen LogP contribution is -2.33. The molecule has 2 heterocycles. The molecule has 0 amide bonds. The molecule has 2 atom stereocenters. The zero-order valence-corrected chi connectivity index (χ0v) is 11.8. The van der Waals surface area contributed by atoms with Crippen molar-refractivity contribution in [2.45, 2.75) is 52.1 Å². The molecule has 0 spiro atoms. The third-order valence-electron chi connectivity index (χ3n) is 3.99. The highest BCUT2D eigenvalue weighted by Crippen LogP contribution is 2.29. The summed E-state index contributed by atoms with van der Waals surface area (Å²) in [6, 6.07) is 4.99. The fourth-order valence-electron chi connectivity index (χ4n) is 2.80. The average molecular weight is 247 g/mol. The fourth-order valence-corrected chi connectivity index (χ4v) is 2.80. The maximum absolute atomic E-state index is 6.00. The molecule has 100 valence electrons. The average Bonchev–Trinajstić information content (AvgIpc) is 2.87. The molecule has 1 unspecified atom stereocenters. The van der Waals surface area contributed by atoms with E-state index in [-0.39, 0.29) is 6.04 Å². The van der Waals surface area contributed by atoms with Gasteiger partial charge in [0, 0.05) is 18.6 Å². The Bertz CT molecular complexity index is 372. The van der Waals surface area contributed by atoms with Crippen LogP contribution in [-0.2, 0) is 0 Å². The third kappa shape index (κ3) is 2.66. The Hall–Kier alpha value is -1.09. The van der Waals surface area contributed by atoms with Gasteiger partial charge < -0.3 is 10.6 Å². The summed E-state index contributed by atoms with van der Waals surface area (Å²) >= 11 is 0. The molecule has 2 rings (SSSR count). The first kappa shape index (κ1) is 13.3. The predicted molar refractivity (Wildman–Crippen MR) is 76.7 cm³/mol. The largest absolute Gasteiger partial charge is 0.367 e. The number of pyridine rings is 1. The van der Waals surface area contributed by atoms with Crippen molar-refractivity contribution >= 4 is 5.69 Å². The maximum atomic E-state index is 6.00. The van der Waals surface area contributed by atoms with Gasteiger partial charge in [0.1, 0.15) is 0 Å². The van der Waals surface area contributed by atoms with E-state index in [0.29, 0.717) is 12.0 Å². The molecule has 0 saturated carbocycles. The Kier molecular flexibility index (Phi) is 4.23. The van der Waals surface area contributed by atoms with Crippen LogP contribution in [0.2, 0.25) is 0 Å². The SMILES string of the molecule is CC[C@@H](N)c1ccc(N2CCCC2C(C)C)cn1. The topological polar surface area (TPSA) is 42.1 Å². The Morgan fingerprint density at radius 3 is 2.78 bits per heavy atom. The van der Waals surface area contributed by atoms with Gasteiger partial charge in [0.15, 0.2) is 0 Å². The lowest BCUT2D eigenvalue weighted by Gasteiger charge is -2.29. The zero-order chi connectivity index (χ0) is 13.1. The number of hydrogen-bond donors (Lipinski definition) is 1. The van der Waals surface area contributed by atoms with E-state index in [0.717, 1.165) is 18.7 Å². The molecule has 3 heteroatoms. The number of nitrogens with zero attached hydrogens (tertiary/aromatic N) is 2. The molecular weight excluding hydrogens is 222 g/mol. The number of hydrogen-bond acceptors (Lipinski definition) is 3. The Morgan fingerprint density at radius 1 is 1.44 bits per heavy atom. The van der Waals surface area contributed by atoms with Gasteiger partial charge in [-0.3, -0.25) is 4.98 Å². The standard InChI is InChI=1S/C15H25N3/c1-4-13(16)14-8-7-12(10-17-14)18-9-5-6-15(18)11(2)3/h7-8,10-11,13,15H,4-6,9,16H2,1-3H3/t13-,15?/m1/s1. The van der Waals surface area contributed by atoms with Crippen LogP contribution in [0.4, 0.5) is 5.69 Å². The van der Waals surface area contributed by atoms with Crippen LogP contribution in [0.3, 0.4) is 0 Å². The fraction of sp³-hybridized carbons (Fsp3) is 0.667. The van der Waals surface area contributed by atoms with Crippen LogP contribution in [0.1, 0.15) is 51.8 Å². The van der Waals surface area contributed by atoms with Gasteiger partial charge in [-0.05, 0) is 37.3 Å². The minimum atomic E-state index is 0.0681. The van der Waals surface area contributed by atoms with Crippen molar-refractivity contribution < 1.29 is 0 Å². The van der Waals surface area contributed by atoms with E-state index < -0.39 is 0 Å². The van der Waals surface area contributed by atoms with E-state index in [9.17, 15) is 0 Å². The number of aromatic nitrogens is 1. The van der Waals surface area contributed by atoms with Crippen LogP contribution in [0, 0.1) is 5.92 Å². The quantitative estimate of drug-likeness (QED) is 0.889. The predicted octanol–water partition coefficient (Wildman–Crippen LogP) is 3.12. The van der Waals surface area contributed by atoms with Crippen molar-refractivity contribution in [1.82, 2.24) is 4.98 Å². The summed E-state index contributed by atoms with van der Waals surface area (Å²) in [7, 11) is 0. The zero-order valence-electron chi connectivity index (χ0n) is 11.8. The summed E-state index contributed by atoms with van der Waals surface area (Å²) < 4.78 is 0. The highest BCUT2D eigenvalue weighted by Gasteiger charge is 2.27. The van der Waals surface area contributed by atoms with Crippen molar-refractivity contribution in [1.29, 1.82) is 0 Å². The lowest BCUT2D eigenvalue weighted by atomic mass is 10.0. The van der Waals surface area contributed by atoms with Crippen LogP contribution in [-0.4, -0.2) is 17.6 Å². The highest BCUT2D eigenvalue weighted by atomic mass is 15.2. The summed E-state index contributed by atoms with van der Waals surface area (Å²) in [6.07, 6.45) is 5.52. The number of rotatable bonds is 4. The normalized spacial score (nSPS) is 21.6. The molecule has 1 aromatic rings. The molecule has 0 aliphatic carbocycles. The first-order valence-corrected chi connectivity index (χ1v) is 7.11. The Labute approximate surface area is 110 Å². The van der Waals surface area contributed by atoms with E-state index in [1.165, 1.54) is 18.5 Å². The number of nitrogens with two attached hydrogens (primary N) is 1. The second-order valence-electron chi connectivity index (χ2n) is 5.60. The van der Waals surface area contributed by atoms with Gasteiger partial charge in [-0.1, -0.05) is 20.8 Å². The first-order chi connectivity index (χ1) is 8.63. The van der Waals surface area contributed by atoms with Gasteiger partial charge in [0.2, 0.25) is 0 Å². The summed E-state index contributed by atoms with van der Waals surface area (Å²) in [5.74, 6) is 0.699. The molecule has 18 heavy (non-hydrogen) atoms. The Morgan fingerprint density at radius 2 is 2.22 bits per heavy atom. The molecule has 1 aliphatic heterocycles. The first-order valence-electron chi connectivity index (χ1n) is 7.11. The minimum Gasteiger partial charge on any atom is -0.367 e. The molecular formula is C15H25N3. The maximum Gasteiger partial charge on any atom is 0.0572 e. The third-order valence-corrected chi connectivity index (χ3v) is 3.99. The van der Waals surface area contributed by atoms with E-state index in [1.807, 2.05) is 6.20 Å². The van der Waals surface area contributed by atoms with Crippen LogP contribution >= 0.6 is 0 Å². The molecule has 3 nitrogen and oxygen atoms in total. The van der Waals surface area contributed by atoms with Gasteiger partial charge >= 0.3 is 0 Å². The second kappa shape index (κ2) is 5.70. The van der Waals surface area contributed by atoms with Crippen LogP contribution in [0.25, 0.3) is 0 Å². The summed E-state index contributed by atoms with van der Waals surface area (Å²) in [4.78, 5) is 7.02. The summed E-state index contributed by atoms with van der Waals surface area (Å²) in [6.45, 7) is 7.86. The molecule has 2 N–H and O–H groups in total. The molecule has 0 radical (unpaired) electrons. The monoisotopic (exact) mass is 247 g/mol. The molecule has 0 bridgehead atoms. The minimum absolute atomic E-state index is 0.0681. The van der Waals surface area contributed by atoms with E-state index in [4.69, 9.17) is 5.73 Å². The lowest BCUT2D eigenvalue weighted by molar-refractivity contribution is 0.491. The van der Waals surface area contributed by atoms with E-state index >= 15 is 0 Å². The van der Waals surface area contributed by atoms with Crippen LogP contribution < -0.4 is 10.6 Å². The Balaban J connectivity index is 2.14.